The van der Waals surface area contributed by atoms with E-state index >= 15 is 0 Å². The average molecular weight is 222 g/mol. The summed E-state index contributed by atoms with van der Waals surface area (Å²) in [5, 5.41) is 0. The Morgan fingerprint density at radius 3 is 2.50 bits per heavy atom. The van der Waals surface area contributed by atoms with Gasteiger partial charge in [0.15, 0.2) is 11.6 Å². The first-order valence-electron chi connectivity index (χ1n) is 4.89. The van der Waals surface area contributed by atoms with Crippen LogP contribution >= 0.6 is 0 Å². The molecule has 0 radical (unpaired) electrons. The second kappa shape index (κ2) is 5.85. The Kier molecular flexibility index (Phi) is 4.44. The van der Waals surface area contributed by atoms with Crippen molar-refractivity contribution in [2.24, 2.45) is 0 Å². The molecule has 0 aliphatic carbocycles. The molecule has 0 unspecified atom stereocenters. The molecule has 86 valence electrons. The van der Waals surface area contributed by atoms with E-state index in [0.29, 0.717) is 18.2 Å². The molecule has 0 saturated heterocycles. The lowest BCUT2D eigenvalue weighted by atomic mass is 10.3. The summed E-state index contributed by atoms with van der Waals surface area (Å²) in [6, 6.07) is 0. The number of hydrogen-bond acceptors (Lipinski definition) is 5. The van der Waals surface area contributed by atoms with Gasteiger partial charge in [0, 0.05) is 24.9 Å². The van der Waals surface area contributed by atoms with Crippen molar-refractivity contribution in [3.8, 4) is 0 Å². The number of ether oxygens (including phenoxy) is 2. The van der Waals surface area contributed by atoms with E-state index in [-0.39, 0.29) is 12.6 Å². The van der Waals surface area contributed by atoms with Crippen molar-refractivity contribution in [3.05, 3.63) is 30.4 Å². The number of aromatic nitrogens is 2. The molecule has 0 saturated carbocycles. The third kappa shape index (κ3) is 3.68. The van der Waals surface area contributed by atoms with E-state index in [0.717, 1.165) is 5.56 Å². The molecule has 1 aromatic rings. The minimum absolute atomic E-state index is 0.177. The van der Waals surface area contributed by atoms with Crippen molar-refractivity contribution in [1.82, 2.24) is 9.97 Å². The largest absolute Gasteiger partial charge is 0.491 e. The van der Waals surface area contributed by atoms with Gasteiger partial charge in [0.1, 0.15) is 6.61 Å². The molecule has 5 nitrogen and oxygen atoms in total. The van der Waals surface area contributed by atoms with Crippen LogP contribution in [0.1, 0.15) is 25.2 Å². The molecule has 0 aromatic carbocycles. The van der Waals surface area contributed by atoms with Gasteiger partial charge in [0.05, 0.1) is 6.61 Å². The van der Waals surface area contributed by atoms with Crippen LogP contribution < -0.4 is 0 Å². The number of hydrogen-bond donors (Lipinski definition) is 0. The van der Waals surface area contributed by atoms with E-state index in [4.69, 9.17) is 9.47 Å². The van der Waals surface area contributed by atoms with Crippen molar-refractivity contribution in [2.75, 3.05) is 6.61 Å². The minimum Gasteiger partial charge on any atom is -0.491 e. The van der Waals surface area contributed by atoms with Crippen LogP contribution in [0.3, 0.4) is 0 Å². The van der Waals surface area contributed by atoms with Crippen LogP contribution in [0.4, 0.5) is 0 Å². The van der Waals surface area contributed by atoms with E-state index in [1.807, 2.05) is 6.92 Å². The maximum Gasteiger partial charge on any atom is 0.302 e. The molecule has 1 rings (SSSR count). The van der Waals surface area contributed by atoms with E-state index in [1.165, 1.54) is 6.92 Å². The van der Waals surface area contributed by atoms with Gasteiger partial charge < -0.3 is 9.47 Å². The summed E-state index contributed by atoms with van der Waals surface area (Å²) in [5.41, 5.74) is 0.725. The molecule has 0 bridgehead atoms. The lowest BCUT2D eigenvalue weighted by Crippen LogP contribution is -2.02. The zero-order chi connectivity index (χ0) is 12.0. The molecular weight excluding hydrogens is 208 g/mol. The van der Waals surface area contributed by atoms with Crippen molar-refractivity contribution in [2.45, 2.75) is 20.5 Å². The SMILES string of the molecule is C=C(OCC)c1ncc(COC(C)=O)cn1. The zero-order valence-corrected chi connectivity index (χ0v) is 9.40. The zero-order valence-electron chi connectivity index (χ0n) is 9.40. The van der Waals surface area contributed by atoms with Crippen molar-refractivity contribution < 1.29 is 14.3 Å². The minimum atomic E-state index is -0.331. The first-order chi connectivity index (χ1) is 7.63. The lowest BCUT2D eigenvalue weighted by molar-refractivity contribution is -0.142. The monoisotopic (exact) mass is 222 g/mol. The Hall–Kier alpha value is -1.91. The van der Waals surface area contributed by atoms with E-state index in [9.17, 15) is 4.79 Å². The normalized spacial score (nSPS) is 9.62. The summed E-state index contributed by atoms with van der Waals surface area (Å²) in [4.78, 5) is 18.7. The second-order valence-corrected chi connectivity index (χ2v) is 3.05. The fourth-order valence-electron chi connectivity index (χ4n) is 0.997. The molecule has 5 heteroatoms. The van der Waals surface area contributed by atoms with Crippen LogP contribution in [0.25, 0.3) is 5.76 Å². The average Bonchev–Trinajstić information content (AvgIpc) is 2.27. The number of carbonyl (C=O) groups excluding carboxylic acids is 1. The molecule has 0 aliphatic heterocycles. The summed E-state index contributed by atoms with van der Waals surface area (Å²) < 4.78 is 9.96. The highest BCUT2D eigenvalue weighted by atomic mass is 16.5. The standard InChI is InChI=1S/C11H14N2O3/c1-4-15-8(2)11-12-5-10(6-13-11)7-16-9(3)14/h5-6H,2,4,7H2,1,3H3. The number of rotatable bonds is 5. The number of nitrogens with zero attached hydrogens (tertiary/aromatic N) is 2. The molecule has 0 N–H and O–H groups in total. The van der Waals surface area contributed by atoms with Gasteiger partial charge in [-0.1, -0.05) is 6.58 Å². The first kappa shape index (κ1) is 12.2. The van der Waals surface area contributed by atoms with Crippen molar-refractivity contribution >= 4 is 11.7 Å². The Morgan fingerprint density at radius 2 is 2.00 bits per heavy atom. The number of esters is 1. The highest BCUT2D eigenvalue weighted by molar-refractivity contribution is 5.65. The summed E-state index contributed by atoms with van der Waals surface area (Å²) in [6.45, 7) is 7.60. The maximum atomic E-state index is 10.6. The summed E-state index contributed by atoms with van der Waals surface area (Å²) in [5.74, 6) is 0.540. The summed E-state index contributed by atoms with van der Waals surface area (Å²) in [7, 11) is 0. The predicted molar refractivity (Wildman–Crippen MR) is 58.2 cm³/mol. The van der Waals surface area contributed by atoms with Crippen LogP contribution in [0, 0.1) is 0 Å². The molecule has 0 atom stereocenters. The van der Waals surface area contributed by atoms with Gasteiger partial charge in [0.2, 0.25) is 0 Å². The van der Waals surface area contributed by atoms with Gasteiger partial charge in [-0.05, 0) is 6.92 Å². The van der Waals surface area contributed by atoms with E-state index in [1.54, 1.807) is 12.4 Å². The van der Waals surface area contributed by atoms with Crippen LogP contribution in [0.5, 0.6) is 0 Å². The molecule has 0 aliphatic rings. The first-order valence-corrected chi connectivity index (χ1v) is 4.89. The number of carbonyl (C=O) groups is 1. The topological polar surface area (TPSA) is 61.3 Å². The molecular formula is C11H14N2O3. The van der Waals surface area contributed by atoms with Gasteiger partial charge in [-0.3, -0.25) is 4.79 Å². The highest BCUT2D eigenvalue weighted by Gasteiger charge is 2.03. The molecule has 0 fully saturated rings. The fourth-order valence-corrected chi connectivity index (χ4v) is 0.997. The van der Waals surface area contributed by atoms with Crippen molar-refractivity contribution in [3.63, 3.8) is 0 Å². The van der Waals surface area contributed by atoms with Crippen LogP contribution in [-0.4, -0.2) is 22.5 Å². The van der Waals surface area contributed by atoms with Crippen LogP contribution in [-0.2, 0) is 20.9 Å². The van der Waals surface area contributed by atoms with Crippen LogP contribution in [0.2, 0.25) is 0 Å². The molecule has 0 spiro atoms. The Balaban J connectivity index is 2.60. The molecule has 16 heavy (non-hydrogen) atoms. The molecule has 1 heterocycles. The second-order valence-electron chi connectivity index (χ2n) is 3.05. The van der Waals surface area contributed by atoms with Crippen LogP contribution in [0.15, 0.2) is 19.0 Å². The van der Waals surface area contributed by atoms with Gasteiger partial charge in [0.25, 0.3) is 0 Å². The highest BCUT2D eigenvalue weighted by Crippen LogP contribution is 2.08. The lowest BCUT2D eigenvalue weighted by Gasteiger charge is -2.05. The fraction of sp³-hybridized carbons (Fsp3) is 0.364. The summed E-state index contributed by atoms with van der Waals surface area (Å²) >= 11 is 0. The Labute approximate surface area is 94.1 Å². The summed E-state index contributed by atoms with van der Waals surface area (Å²) in [6.07, 6.45) is 3.16. The third-order valence-electron chi connectivity index (χ3n) is 1.72. The van der Waals surface area contributed by atoms with Gasteiger partial charge in [-0.25, -0.2) is 9.97 Å². The van der Waals surface area contributed by atoms with Gasteiger partial charge in [-0.2, -0.15) is 0 Å². The van der Waals surface area contributed by atoms with Crippen molar-refractivity contribution in [1.29, 1.82) is 0 Å². The van der Waals surface area contributed by atoms with E-state index < -0.39 is 0 Å². The Morgan fingerprint density at radius 1 is 1.38 bits per heavy atom. The predicted octanol–water partition coefficient (Wildman–Crippen LogP) is 1.55. The molecule has 0 amide bonds. The van der Waals surface area contributed by atoms with Gasteiger partial charge >= 0.3 is 5.97 Å². The smallest absolute Gasteiger partial charge is 0.302 e. The van der Waals surface area contributed by atoms with E-state index in [2.05, 4.69) is 16.5 Å². The third-order valence-corrected chi connectivity index (χ3v) is 1.72. The quantitative estimate of drug-likeness (QED) is 0.558. The maximum absolute atomic E-state index is 10.6. The molecule has 1 aromatic heterocycles. The van der Waals surface area contributed by atoms with Gasteiger partial charge in [-0.15, -0.1) is 0 Å². The Bertz CT molecular complexity index is 373.